The summed E-state index contributed by atoms with van der Waals surface area (Å²) in [6.07, 6.45) is 0. The second-order valence-electron chi connectivity index (χ2n) is 8.63. The van der Waals surface area contributed by atoms with Gasteiger partial charge in [0.05, 0.1) is 24.1 Å². The molecule has 190 valence electrons. The van der Waals surface area contributed by atoms with Crippen molar-refractivity contribution in [1.82, 2.24) is 4.98 Å². The molecular formula is C33H25N3O2S. The van der Waals surface area contributed by atoms with Crippen LogP contribution in [0.5, 0.6) is 5.75 Å². The van der Waals surface area contributed by atoms with Crippen LogP contribution in [-0.2, 0) is 4.79 Å². The third-order valence-corrected chi connectivity index (χ3v) is 7.14. The number of nitrogens with zero attached hydrogens (tertiary/aromatic N) is 3. The molecule has 0 saturated carbocycles. The van der Waals surface area contributed by atoms with Crippen molar-refractivity contribution in [3.8, 4) is 34.2 Å². The van der Waals surface area contributed by atoms with E-state index in [1.807, 2.05) is 121 Å². The minimum absolute atomic E-state index is 0.103. The zero-order chi connectivity index (χ0) is 27.0. The van der Waals surface area contributed by atoms with Gasteiger partial charge >= 0.3 is 0 Å². The molecule has 0 unspecified atom stereocenters. The smallest absolute Gasteiger partial charge is 0.241 e. The summed E-state index contributed by atoms with van der Waals surface area (Å²) in [5.41, 5.74) is 5.28. The zero-order valence-electron chi connectivity index (χ0n) is 21.3. The Morgan fingerprint density at radius 2 is 1.38 bits per heavy atom. The highest BCUT2D eigenvalue weighted by atomic mass is 32.2. The van der Waals surface area contributed by atoms with Crippen LogP contribution in [0.3, 0.4) is 0 Å². The second-order valence-corrected chi connectivity index (χ2v) is 9.59. The average molecular weight is 528 g/mol. The molecule has 0 atom stereocenters. The Bertz CT molecular complexity index is 1560. The fourth-order valence-corrected chi connectivity index (χ4v) is 5.13. The second kappa shape index (κ2) is 12.1. The molecule has 0 aliphatic heterocycles. The van der Waals surface area contributed by atoms with Gasteiger partial charge in [0.15, 0.2) is 0 Å². The molecule has 1 heterocycles. The number of ether oxygens (including phenoxy) is 1. The number of carbonyl (C=O) groups is 1. The predicted octanol–water partition coefficient (Wildman–Crippen LogP) is 7.75. The number of amides is 1. The van der Waals surface area contributed by atoms with Crippen LogP contribution in [0.25, 0.3) is 22.4 Å². The van der Waals surface area contributed by atoms with E-state index in [1.54, 1.807) is 12.0 Å². The lowest BCUT2D eigenvalue weighted by atomic mass is 9.99. The lowest BCUT2D eigenvalue weighted by molar-refractivity contribution is -0.115. The summed E-state index contributed by atoms with van der Waals surface area (Å²) < 4.78 is 5.32. The fraction of sp³-hybridized carbons (Fsp3) is 0.0606. The Labute approximate surface area is 232 Å². The molecule has 0 spiro atoms. The van der Waals surface area contributed by atoms with E-state index in [-0.39, 0.29) is 11.7 Å². The SMILES string of the molecule is COc1ccc(-c2cc(-c3ccccc3)nc(SCC(=O)N(c3ccccc3)c3ccccc3)c2C#N)cc1. The number of methoxy groups -OCH3 is 1. The summed E-state index contributed by atoms with van der Waals surface area (Å²) in [5.74, 6) is 0.724. The van der Waals surface area contributed by atoms with Gasteiger partial charge < -0.3 is 4.74 Å². The van der Waals surface area contributed by atoms with Crippen LogP contribution >= 0.6 is 11.8 Å². The van der Waals surface area contributed by atoms with Crippen molar-refractivity contribution >= 4 is 29.0 Å². The highest BCUT2D eigenvalue weighted by Crippen LogP contribution is 2.35. The van der Waals surface area contributed by atoms with E-state index in [2.05, 4.69) is 6.07 Å². The maximum Gasteiger partial charge on any atom is 0.241 e. The van der Waals surface area contributed by atoms with Crippen LogP contribution in [0.4, 0.5) is 11.4 Å². The number of benzene rings is 4. The predicted molar refractivity (Wildman–Crippen MR) is 157 cm³/mol. The molecule has 0 bridgehead atoms. The van der Waals surface area contributed by atoms with Gasteiger partial charge in [-0.25, -0.2) is 4.98 Å². The van der Waals surface area contributed by atoms with E-state index in [0.717, 1.165) is 39.5 Å². The topological polar surface area (TPSA) is 66.2 Å². The van der Waals surface area contributed by atoms with E-state index in [9.17, 15) is 10.1 Å². The fourth-order valence-electron chi connectivity index (χ4n) is 4.28. The van der Waals surface area contributed by atoms with Crippen molar-refractivity contribution in [3.63, 3.8) is 0 Å². The number of aromatic nitrogens is 1. The van der Waals surface area contributed by atoms with Crippen molar-refractivity contribution in [1.29, 1.82) is 5.26 Å². The molecule has 1 aromatic heterocycles. The number of nitriles is 1. The first-order valence-electron chi connectivity index (χ1n) is 12.4. The van der Waals surface area contributed by atoms with Crippen molar-refractivity contribution in [2.45, 2.75) is 5.03 Å². The van der Waals surface area contributed by atoms with Gasteiger partial charge in [0.25, 0.3) is 0 Å². The van der Waals surface area contributed by atoms with Gasteiger partial charge in [-0.1, -0.05) is 90.6 Å². The molecule has 0 fully saturated rings. The van der Waals surface area contributed by atoms with Gasteiger partial charge in [0.2, 0.25) is 5.91 Å². The molecule has 4 aromatic carbocycles. The number of anilines is 2. The number of carbonyl (C=O) groups excluding carboxylic acids is 1. The Hall–Kier alpha value is -4.86. The largest absolute Gasteiger partial charge is 0.497 e. The standard InChI is InChI=1S/C33H25N3O2S/c1-38-28-19-17-24(18-20-28)29-21-31(25-11-5-2-6-12-25)35-33(30(29)22-34)39-23-32(37)36(26-13-7-3-8-14-26)27-15-9-4-10-16-27/h2-21H,23H2,1H3. The lowest BCUT2D eigenvalue weighted by Gasteiger charge is -2.23. The van der Waals surface area contributed by atoms with Crippen LogP contribution in [0.15, 0.2) is 126 Å². The third kappa shape index (κ3) is 5.85. The Kier molecular flexibility index (Phi) is 8.01. The molecule has 1 amide bonds. The molecule has 0 saturated heterocycles. The third-order valence-electron chi connectivity index (χ3n) is 6.18. The summed E-state index contributed by atoms with van der Waals surface area (Å²) in [6, 6.07) is 40.8. The molecule has 0 radical (unpaired) electrons. The summed E-state index contributed by atoms with van der Waals surface area (Å²) >= 11 is 1.27. The highest BCUT2D eigenvalue weighted by molar-refractivity contribution is 8.00. The number of rotatable bonds is 8. The molecule has 0 N–H and O–H groups in total. The minimum atomic E-state index is -0.112. The molecule has 6 heteroatoms. The van der Waals surface area contributed by atoms with Crippen molar-refractivity contribution < 1.29 is 9.53 Å². The lowest BCUT2D eigenvalue weighted by Crippen LogP contribution is -2.27. The van der Waals surface area contributed by atoms with Crippen molar-refractivity contribution in [3.05, 3.63) is 127 Å². The monoisotopic (exact) mass is 527 g/mol. The van der Waals surface area contributed by atoms with Crippen LogP contribution < -0.4 is 9.64 Å². The minimum Gasteiger partial charge on any atom is -0.497 e. The Morgan fingerprint density at radius 3 is 1.92 bits per heavy atom. The average Bonchev–Trinajstić information content (AvgIpc) is 3.01. The molecule has 0 aliphatic carbocycles. The number of hydrogen-bond acceptors (Lipinski definition) is 5. The number of hydrogen-bond donors (Lipinski definition) is 0. The number of thioether (sulfide) groups is 1. The van der Waals surface area contributed by atoms with Crippen LogP contribution in [0, 0.1) is 11.3 Å². The van der Waals surface area contributed by atoms with Crippen LogP contribution in [-0.4, -0.2) is 23.8 Å². The molecule has 39 heavy (non-hydrogen) atoms. The van der Waals surface area contributed by atoms with E-state index in [0.29, 0.717) is 10.6 Å². The van der Waals surface area contributed by atoms with E-state index in [1.165, 1.54) is 11.8 Å². The van der Waals surface area contributed by atoms with Gasteiger partial charge in [-0.15, -0.1) is 0 Å². The normalized spacial score (nSPS) is 10.5. The summed E-state index contributed by atoms with van der Waals surface area (Å²) in [7, 11) is 1.62. The van der Waals surface area contributed by atoms with Gasteiger partial charge in [-0.2, -0.15) is 5.26 Å². The Morgan fingerprint density at radius 1 is 0.821 bits per heavy atom. The van der Waals surface area contributed by atoms with Gasteiger partial charge in [-0.05, 0) is 48.0 Å². The van der Waals surface area contributed by atoms with E-state index in [4.69, 9.17) is 9.72 Å². The van der Waals surface area contributed by atoms with Crippen LogP contribution in [0.1, 0.15) is 5.56 Å². The quantitative estimate of drug-likeness (QED) is 0.193. The molecule has 5 rings (SSSR count). The molecule has 0 aliphatic rings. The zero-order valence-corrected chi connectivity index (χ0v) is 22.1. The number of para-hydroxylation sites is 2. The summed E-state index contributed by atoms with van der Waals surface area (Å²) in [4.78, 5) is 20.2. The molecule has 5 aromatic rings. The summed E-state index contributed by atoms with van der Waals surface area (Å²) in [5, 5.41) is 10.7. The summed E-state index contributed by atoms with van der Waals surface area (Å²) in [6.45, 7) is 0. The van der Waals surface area contributed by atoms with Crippen LogP contribution in [0.2, 0.25) is 0 Å². The first kappa shape index (κ1) is 25.8. The van der Waals surface area contributed by atoms with Gasteiger partial charge in [-0.3, -0.25) is 9.69 Å². The van der Waals surface area contributed by atoms with Gasteiger partial charge in [0, 0.05) is 22.5 Å². The van der Waals surface area contributed by atoms with Crippen molar-refractivity contribution in [2.24, 2.45) is 0 Å². The Balaban J connectivity index is 1.53. The molecule has 5 nitrogen and oxygen atoms in total. The first-order chi connectivity index (χ1) is 19.2. The molecular weight excluding hydrogens is 502 g/mol. The number of pyridine rings is 1. The van der Waals surface area contributed by atoms with Crippen molar-refractivity contribution in [2.75, 3.05) is 17.8 Å². The van der Waals surface area contributed by atoms with E-state index < -0.39 is 0 Å². The van der Waals surface area contributed by atoms with Gasteiger partial charge in [0.1, 0.15) is 16.8 Å². The highest BCUT2D eigenvalue weighted by Gasteiger charge is 2.21. The maximum atomic E-state index is 13.7. The maximum absolute atomic E-state index is 13.7. The first-order valence-corrected chi connectivity index (χ1v) is 13.4. The van der Waals surface area contributed by atoms with E-state index >= 15 is 0 Å².